The monoisotopic (exact) mass is 323 g/mol. The van der Waals surface area contributed by atoms with Gasteiger partial charge in [0, 0.05) is 10.4 Å². The molecule has 1 aromatic heterocycles. The highest BCUT2D eigenvalue weighted by Gasteiger charge is 2.46. The standard InChI is InChI=1S/C15H17N3OS.ClH/c1-9-3-5-11(6-4-9)12-10(2)20-14(17-12)18-13(19)15(16)7-8-15;/h3-6H,7-8,16H2,1-2H3,(H,17,18,19);1H. The molecule has 1 aliphatic rings. The van der Waals surface area contributed by atoms with Crippen LogP contribution in [0.2, 0.25) is 0 Å². The van der Waals surface area contributed by atoms with E-state index in [4.69, 9.17) is 5.73 Å². The molecule has 112 valence electrons. The van der Waals surface area contributed by atoms with E-state index in [0.29, 0.717) is 5.13 Å². The van der Waals surface area contributed by atoms with Crippen LogP contribution in [0.15, 0.2) is 24.3 Å². The number of amides is 1. The molecule has 21 heavy (non-hydrogen) atoms. The first-order chi connectivity index (χ1) is 9.48. The summed E-state index contributed by atoms with van der Waals surface area (Å²) < 4.78 is 0. The molecule has 1 aromatic carbocycles. The Balaban J connectivity index is 0.00000161. The maximum absolute atomic E-state index is 11.9. The highest BCUT2D eigenvalue weighted by Crippen LogP contribution is 2.35. The number of anilines is 1. The van der Waals surface area contributed by atoms with Gasteiger partial charge in [-0.3, -0.25) is 4.79 Å². The van der Waals surface area contributed by atoms with Crippen LogP contribution in [0.5, 0.6) is 0 Å². The minimum absolute atomic E-state index is 0. The van der Waals surface area contributed by atoms with E-state index in [2.05, 4.69) is 29.4 Å². The average Bonchev–Trinajstić information content (AvgIpc) is 3.06. The lowest BCUT2D eigenvalue weighted by atomic mass is 10.1. The Bertz CT molecular complexity index is 662. The molecule has 1 fully saturated rings. The van der Waals surface area contributed by atoms with Crippen molar-refractivity contribution in [2.75, 3.05) is 5.32 Å². The fraction of sp³-hybridized carbons (Fsp3) is 0.333. The number of carbonyl (C=O) groups excluding carboxylic acids is 1. The van der Waals surface area contributed by atoms with Crippen LogP contribution < -0.4 is 11.1 Å². The third kappa shape index (κ3) is 3.26. The van der Waals surface area contributed by atoms with Crippen LogP contribution in [-0.4, -0.2) is 16.4 Å². The van der Waals surface area contributed by atoms with Crippen molar-refractivity contribution in [3.8, 4) is 11.3 Å². The van der Waals surface area contributed by atoms with E-state index in [1.54, 1.807) is 0 Å². The van der Waals surface area contributed by atoms with Gasteiger partial charge < -0.3 is 11.1 Å². The molecular weight excluding hydrogens is 306 g/mol. The second-order valence-electron chi connectivity index (χ2n) is 5.40. The minimum Gasteiger partial charge on any atom is -0.317 e. The fourth-order valence-electron chi connectivity index (χ4n) is 2.01. The zero-order valence-electron chi connectivity index (χ0n) is 12.0. The smallest absolute Gasteiger partial charge is 0.246 e. The van der Waals surface area contributed by atoms with Crippen molar-refractivity contribution in [3.63, 3.8) is 0 Å². The zero-order valence-corrected chi connectivity index (χ0v) is 13.6. The Kier molecular flexibility index (Phi) is 4.37. The quantitative estimate of drug-likeness (QED) is 0.910. The van der Waals surface area contributed by atoms with Gasteiger partial charge in [-0.2, -0.15) is 0 Å². The molecule has 0 radical (unpaired) electrons. The van der Waals surface area contributed by atoms with Crippen LogP contribution in [-0.2, 0) is 4.79 Å². The van der Waals surface area contributed by atoms with Crippen LogP contribution in [0.25, 0.3) is 11.3 Å². The molecule has 0 unspecified atom stereocenters. The first-order valence-corrected chi connectivity index (χ1v) is 7.44. The predicted molar refractivity (Wildman–Crippen MR) is 89.1 cm³/mol. The SMILES string of the molecule is Cc1ccc(-c2nc(NC(=O)C3(N)CC3)sc2C)cc1.Cl. The first kappa shape index (κ1) is 15.9. The number of nitrogens with zero attached hydrogens (tertiary/aromatic N) is 1. The summed E-state index contributed by atoms with van der Waals surface area (Å²) in [6, 6.07) is 8.22. The maximum atomic E-state index is 11.9. The van der Waals surface area contributed by atoms with Gasteiger partial charge in [0.15, 0.2) is 5.13 Å². The highest BCUT2D eigenvalue weighted by molar-refractivity contribution is 7.16. The summed E-state index contributed by atoms with van der Waals surface area (Å²) in [5.41, 5.74) is 8.42. The molecule has 3 N–H and O–H groups in total. The number of hydrogen-bond donors (Lipinski definition) is 2. The Morgan fingerprint density at radius 3 is 2.48 bits per heavy atom. The van der Waals surface area contributed by atoms with Gasteiger partial charge in [-0.1, -0.05) is 29.8 Å². The molecule has 3 rings (SSSR count). The highest BCUT2D eigenvalue weighted by atomic mass is 35.5. The van der Waals surface area contributed by atoms with Gasteiger partial charge in [0.05, 0.1) is 11.2 Å². The van der Waals surface area contributed by atoms with Crippen LogP contribution in [0.4, 0.5) is 5.13 Å². The molecule has 1 saturated carbocycles. The van der Waals surface area contributed by atoms with E-state index in [9.17, 15) is 4.79 Å². The number of benzene rings is 1. The number of aryl methyl sites for hydroxylation is 2. The molecule has 4 nitrogen and oxygen atoms in total. The van der Waals surface area contributed by atoms with E-state index < -0.39 is 5.54 Å². The second kappa shape index (κ2) is 5.75. The molecule has 0 aliphatic heterocycles. The number of hydrogen-bond acceptors (Lipinski definition) is 4. The zero-order chi connectivity index (χ0) is 14.3. The Hall–Kier alpha value is -1.43. The molecule has 2 aromatic rings. The van der Waals surface area contributed by atoms with Crippen LogP contribution >= 0.6 is 23.7 Å². The number of thiazole rings is 1. The summed E-state index contributed by atoms with van der Waals surface area (Å²) in [5.74, 6) is -0.123. The average molecular weight is 324 g/mol. The number of nitrogens with one attached hydrogen (secondary N) is 1. The van der Waals surface area contributed by atoms with Gasteiger partial charge in [0.1, 0.15) is 0 Å². The number of nitrogens with two attached hydrogens (primary N) is 1. The summed E-state index contributed by atoms with van der Waals surface area (Å²) >= 11 is 1.49. The molecule has 1 aliphatic carbocycles. The molecule has 0 bridgehead atoms. The molecule has 0 spiro atoms. The number of halogens is 1. The van der Waals surface area contributed by atoms with Gasteiger partial charge in [-0.05, 0) is 26.7 Å². The molecular formula is C15H18ClN3OS. The van der Waals surface area contributed by atoms with Crippen molar-refractivity contribution < 1.29 is 4.79 Å². The van der Waals surface area contributed by atoms with Crippen LogP contribution in [0.3, 0.4) is 0 Å². The minimum atomic E-state index is -0.663. The van der Waals surface area contributed by atoms with Gasteiger partial charge >= 0.3 is 0 Å². The van der Waals surface area contributed by atoms with Crippen molar-refractivity contribution in [1.29, 1.82) is 0 Å². The predicted octanol–water partition coefficient (Wildman–Crippen LogP) is 3.28. The van der Waals surface area contributed by atoms with Gasteiger partial charge in [-0.15, -0.1) is 23.7 Å². The van der Waals surface area contributed by atoms with E-state index in [0.717, 1.165) is 29.0 Å². The summed E-state index contributed by atoms with van der Waals surface area (Å²) in [4.78, 5) is 17.5. The largest absolute Gasteiger partial charge is 0.317 e. The lowest BCUT2D eigenvalue weighted by Gasteiger charge is -2.06. The summed E-state index contributed by atoms with van der Waals surface area (Å²) in [7, 11) is 0. The topological polar surface area (TPSA) is 68.0 Å². The van der Waals surface area contributed by atoms with Crippen molar-refractivity contribution in [2.45, 2.75) is 32.2 Å². The number of rotatable bonds is 3. The summed E-state index contributed by atoms with van der Waals surface area (Å²) in [6.45, 7) is 4.07. The van der Waals surface area contributed by atoms with Crippen molar-refractivity contribution >= 4 is 34.8 Å². The van der Waals surface area contributed by atoms with E-state index in [1.165, 1.54) is 16.9 Å². The molecule has 1 amide bonds. The van der Waals surface area contributed by atoms with Gasteiger partial charge in [-0.25, -0.2) is 4.98 Å². The lowest BCUT2D eigenvalue weighted by molar-refractivity contribution is -0.118. The Morgan fingerprint density at radius 2 is 1.90 bits per heavy atom. The molecule has 6 heteroatoms. The Labute approximate surface area is 134 Å². The third-order valence-corrected chi connectivity index (χ3v) is 4.47. The third-order valence-electron chi connectivity index (χ3n) is 3.58. The van der Waals surface area contributed by atoms with Gasteiger partial charge in [0.2, 0.25) is 5.91 Å². The van der Waals surface area contributed by atoms with Crippen LogP contribution in [0.1, 0.15) is 23.3 Å². The Morgan fingerprint density at radius 1 is 1.29 bits per heavy atom. The normalized spacial score (nSPS) is 15.2. The molecule has 0 saturated heterocycles. The molecule has 0 atom stereocenters. The first-order valence-electron chi connectivity index (χ1n) is 6.63. The molecule has 1 heterocycles. The van der Waals surface area contributed by atoms with Crippen molar-refractivity contribution in [1.82, 2.24) is 4.98 Å². The van der Waals surface area contributed by atoms with E-state index in [1.807, 2.05) is 19.1 Å². The lowest BCUT2D eigenvalue weighted by Crippen LogP contribution is -2.37. The summed E-state index contributed by atoms with van der Waals surface area (Å²) in [6.07, 6.45) is 1.52. The van der Waals surface area contributed by atoms with Crippen molar-refractivity contribution in [3.05, 3.63) is 34.7 Å². The van der Waals surface area contributed by atoms with Gasteiger partial charge in [0.25, 0.3) is 0 Å². The van der Waals surface area contributed by atoms with E-state index >= 15 is 0 Å². The maximum Gasteiger partial charge on any atom is 0.246 e. The van der Waals surface area contributed by atoms with Crippen molar-refractivity contribution in [2.24, 2.45) is 5.73 Å². The fourth-order valence-corrected chi connectivity index (χ4v) is 2.84. The van der Waals surface area contributed by atoms with Crippen LogP contribution in [0, 0.1) is 13.8 Å². The number of carbonyl (C=O) groups is 1. The summed E-state index contributed by atoms with van der Waals surface area (Å²) in [5, 5.41) is 3.46. The van der Waals surface area contributed by atoms with E-state index in [-0.39, 0.29) is 18.3 Å². The number of aromatic nitrogens is 1. The second-order valence-corrected chi connectivity index (χ2v) is 6.60.